The Hall–Kier alpha value is -0.870. The fourth-order valence-corrected chi connectivity index (χ4v) is 2.87. The van der Waals surface area contributed by atoms with Crippen molar-refractivity contribution in [2.45, 2.75) is 25.0 Å². The average molecular weight is 281 g/mol. The fraction of sp³-hybridized carbons (Fsp3) is 0.417. The number of piperazine rings is 1. The van der Waals surface area contributed by atoms with Crippen molar-refractivity contribution < 1.29 is 4.79 Å². The van der Waals surface area contributed by atoms with Crippen molar-refractivity contribution >= 4 is 21.8 Å². The molecular formula is C12H13BrN2O. The summed E-state index contributed by atoms with van der Waals surface area (Å²) in [6, 6.07) is 8.75. The van der Waals surface area contributed by atoms with Crippen LogP contribution in [0, 0.1) is 0 Å². The largest absolute Gasteiger partial charge is 0.335 e. The van der Waals surface area contributed by atoms with Crippen LogP contribution >= 0.6 is 15.9 Å². The van der Waals surface area contributed by atoms with Gasteiger partial charge in [0.1, 0.15) is 0 Å². The lowest BCUT2D eigenvalue weighted by molar-refractivity contribution is -0.143. The number of carbonyl (C=O) groups is 1. The Bertz CT molecular complexity index is 429. The first-order valence-electron chi connectivity index (χ1n) is 5.51. The average Bonchev–Trinajstić information content (AvgIpc) is 2.19. The summed E-state index contributed by atoms with van der Waals surface area (Å²) in [4.78, 5) is 13.9. The monoisotopic (exact) mass is 280 g/mol. The van der Waals surface area contributed by atoms with Gasteiger partial charge in [0, 0.05) is 23.6 Å². The Labute approximate surface area is 103 Å². The molecule has 2 atom stereocenters. The zero-order chi connectivity index (χ0) is 11.1. The van der Waals surface area contributed by atoms with E-state index < -0.39 is 0 Å². The highest BCUT2D eigenvalue weighted by molar-refractivity contribution is 9.10. The molecule has 16 heavy (non-hydrogen) atoms. The Kier molecular flexibility index (Phi) is 2.48. The molecule has 84 valence electrons. The summed E-state index contributed by atoms with van der Waals surface area (Å²) in [6.07, 6.45) is 1.02. The van der Waals surface area contributed by atoms with Crippen molar-refractivity contribution in [1.82, 2.24) is 10.2 Å². The molecule has 0 aromatic heterocycles. The molecule has 0 spiro atoms. The second-order valence-corrected chi connectivity index (χ2v) is 5.42. The second-order valence-electron chi connectivity index (χ2n) is 4.50. The van der Waals surface area contributed by atoms with E-state index in [1.54, 1.807) is 0 Å². The van der Waals surface area contributed by atoms with Crippen molar-refractivity contribution in [2.24, 2.45) is 0 Å². The molecule has 0 radical (unpaired) electrons. The molecule has 0 saturated carbocycles. The molecular weight excluding hydrogens is 268 g/mol. The molecule has 3 nitrogen and oxygen atoms in total. The Morgan fingerprint density at radius 3 is 3.00 bits per heavy atom. The zero-order valence-corrected chi connectivity index (χ0v) is 10.4. The van der Waals surface area contributed by atoms with Crippen LogP contribution in [0.5, 0.6) is 0 Å². The maximum atomic E-state index is 11.9. The summed E-state index contributed by atoms with van der Waals surface area (Å²) in [7, 11) is 0. The van der Waals surface area contributed by atoms with Crippen LogP contribution in [-0.2, 0) is 11.3 Å². The van der Waals surface area contributed by atoms with Gasteiger partial charge in [-0.05, 0) is 24.1 Å². The number of halogens is 1. The highest BCUT2D eigenvalue weighted by Crippen LogP contribution is 2.24. The lowest BCUT2D eigenvalue weighted by Crippen LogP contribution is -2.69. The quantitative estimate of drug-likeness (QED) is 0.891. The maximum Gasteiger partial charge on any atom is 0.240 e. The lowest BCUT2D eigenvalue weighted by Gasteiger charge is -2.47. The third-order valence-electron chi connectivity index (χ3n) is 3.27. The van der Waals surface area contributed by atoms with Gasteiger partial charge in [-0.1, -0.05) is 28.1 Å². The Morgan fingerprint density at radius 1 is 1.50 bits per heavy atom. The third kappa shape index (κ3) is 1.76. The van der Waals surface area contributed by atoms with E-state index in [1.165, 1.54) is 5.56 Å². The molecule has 2 unspecified atom stereocenters. The molecule has 3 aliphatic heterocycles. The van der Waals surface area contributed by atoms with Gasteiger partial charge in [0.2, 0.25) is 5.91 Å². The highest BCUT2D eigenvalue weighted by atomic mass is 79.9. The van der Waals surface area contributed by atoms with Crippen LogP contribution in [0.15, 0.2) is 28.7 Å². The van der Waals surface area contributed by atoms with Crippen molar-refractivity contribution in [3.63, 3.8) is 0 Å². The van der Waals surface area contributed by atoms with E-state index in [0.29, 0.717) is 6.04 Å². The summed E-state index contributed by atoms with van der Waals surface area (Å²) < 4.78 is 1.07. The lowest BCUT2D eigenvalue weighted by atomic mass is 9.90. The van der Waals surface area contributed by atoms with Gasteiger partial charge in [-0.25, -0.2) is 0 Å². The van der Waals surface area contributed by atoms with Crippen molar-refractivity contribution in [1.29, 1.82) is 0 Å². The van der Waals surface area contributed by atoms with Gasteiger partial charge in [-0.3, -0.25) is 4.79 Å². The smallest absolute Gasteiger partial charge is 0.240 e. The summed E-state index contributed by atoms with van der Waals surface area (Å²) in [5, 5.41) is 3.26. The first-order chi connectivity index (χ1) is 7.72. The molecule has 1 N–H and O–H groups in total. The summed E-state index contributed by atoms with van der Waals surface area (Å²) >= 11 is 3.45. The van der Waals surface area contributed by atoms with Crippen molar-refractivity contribution in [3.8, 4) is 0 Å². The van der Waals surface area contributed by atoms with Crippen LogP contribution < -0.4 is 5.32 Å². The standard InChI is InChI=1S/C12H13BrN2O/c13-9-3-1-2-8(4-9)6-15-7-10-5-11(14-10)12(15)16/h1-4,10-11,14H,5-7H2. The number of hydrogen-bond acceptors (Lipinski definition) is 2. The summed E-state index contributed by atoms with van der Waals surface area (Å²) in [5.74, 6) is 0.252. The predicted molar refractivity (Wildman–Crippen MR) is 64.9 cm³/mol. The van der Waals surface area contributed by atoms with Crippen LogP contribution in [0.2, 0.25) is 0 Å². The Morgan fingerprint density at radius 2 is 2.31 bits per heavy atom. The predicted octanol–water partition coefficient (Wildman–Crippen LogP) is 1.52. The molecule has 1 aromatic carbocycles. The maximum absolute atomic E-state index is 11.9. The normalized spacial score (nSPS) is 27.8. The molecule has 3 saturated heterocycles. The molecule has 3 fully saturated rings. The topological polar surface area (TPSA) is 32.3 Å². The number of carbonyl (C=O) groups excluding carboxylic acids is 1. The van der Waals surface area contributed by atoms with Gasteiger partial charge in [0.05, 0.1) is 6.04 Å². The molecule has 1 aromatic rings. The van der Waals surface area contributed by atoms with E-state index in [9.17, 15) is 4.79 Å². The minimum Gasteiger partial charge on any atom is -0.335 e. The molecule has 1 amide bonds. The van der Waals surface area contributed by atoms with Gasteiger partial charge in [0.15, 0.2) is 0 Å². The van der Waals surface area contributed by atoms with Gasteiger partial charge in [0.25, 0.3) is 0 Å². The first-order valence-corrected chi connectivity index (χ1v) is 6.31. The molecule has 0 aliphatic carbocycles. The van der Waals surface area contributed by atoms with E-state index in [4.69, 9.17) is 0 Å². The molecule has 4 rings (SSSR count). The van der Waals surface area contributed by atoms with Crippen LogP contribution in [0.1, 0.15) is 12.0 Å². The van der Waals surface area contributed by atoms with E-state index in [-0.39, 0.29) is 11.9 Å². The number of rotatable bonds is 2. The SMILES string of the molecule is O=C1C2CC(CN1Cc1cccc(Br)c1)N2. The van der Waals surface area contributed by atoms with Crippen LogP contribution in [0.3, 0.4) is 0 Å². The first kappa shape index (κ1) is 10.3. The van der Waals surface area contributed by atoms with Crippen LogP contribution in [-0.4, -0.2) is 29.4 Å². The zero-order valence-electron chi connectivity index (χ0n) is 8.82. The number of amides is 1. The van der Waals surface area contributed by atoms with Gasteiger partial charge in [-0.2, -0.15) is 0 Å². The summed E-state index contributed by atoms with van der Waals surface area (Å²) in [6.45, 7) is 1.58. The summed E-state index contributed by atoms with van der Waals surface area (Å²) in [5.41, 5.74) is 1.18. The van der Waals surface area contributed by atoms with Gasteiger partial charge >= 0.3 is 0 Å². The number of piperidine rings is 1. The number of hydrogen-bond donors (Lipinski definition) is 1. The van der Waals surface area contributed by atoms with Crippen LogP contribution in [0.4, 0.5) is 0 Å². The fourth-order valence-electron chi connectivity index (χ4n) is 2.42. The Balaban J connectivity index is 1.73. The van der Waals surface area contributed by atoms with Gasteiger partial charge < -0.3 is 10.2 Å². The minimum atomic E-state index is 0.0888. The third-order valence-corrected chi connectivity index (χ3v) is 3.76. The minimum absolute atomic E-state index is 0.0888. The number of nitrogens with zero attached hydrogens (tertiary/aromatic N) is 1. The highest BCUT2D eigenvalue weighted by Gasteiger charge is 2.42. The van der Waals surface area contributed by atoms with E-state index in [0.717, 1.165) is 24.0 Å². The van der Waals surface area contributed by atoms with E-state index >= 15 is 0 Å². The number of fused-ring (bicyclic) bond motifs is 2. The van der Waals surface area contributed by atoms with Crippen LogP contribution in [0.25, 0.3) is 0 Å². The van der Waals surface area contributed by atoms with Crippen molar-refractivity contribution in [2.75, 3.05) is 6.54 Å². The molecule has 4 heteroatoms. The molecule has 3 aliphatic rings. The number of benzene rings is 1. The molecule has 3 heterocycles. The van der Waals surface area contributed by atoms with E-state index in [2.05, 4.69) is 33.4 Å². The van der Waals surface area contributed by atoms with Crippen molar-refractivity contribution in [3.05, 3.63) is 34.3 Å². The van der Waals surface area contributed by atoms with E-state index in [1.807, 2.05) is 17.0 Å². The molecule has 2 bridgehead atoms. The second kappa shape index (κ2) is 3.86. The number of nitrogens with one attached hydrogen (secondary N) is 1. The van der Waals surface area contributed by atoms with Gasteiger partial charge in [-0.15, -0.1) is 0 Å².